The van der Waals surface area contributed by atoms with Crippen LogP contribution in [0.2, 0.25) is 0 Å². The summed E-state index contributed by atoms with van der Waals surface area (Å²) in [5, 5.41) is 10.7. The first-order valence-electron chi connectivity index (χ1n) is 4.42. The summed E-state index contributed by atoms with van der Waals surface area (Å²) in [5.74, 6) is 0. The molecule has 78 valence electrons. The highest BCUT2D eigenvalue weighted by molar-refractivity contribution is 7.73. The van der Waals surface area contributed by atoms with Crippen LogP contribution in [0.5, 0.6) is 0 Å². The van der Waals surface area contributed by atoms with Crippen molar-refractivity contribution in [3.8, 4) is 0 Å². The van der Waals surface area contributed by atoms with Gasteiger partial charge in [0.1, 0.15) is 0 Å². The predicted molar refractivity (Wildman–Crippen MR) is 64.3 cm³/mol. The minimum absolute atomic E-state index is 0.662. The maximum absolute atomic E-state index is 4.95. The van der Waals surface area contributed by atoms with Crippen LogP contribution in [0.1, 0.15) is 11.4 Å². The molecule has 2 rings (SSSR count). The molecule has 0 spiro atoms. The van der Waals surface area contributed by atoms with Crippen LogP contribution in [0.4, 0.5) is 10.8 Å². The van der Waals surface area contributed by atoms with E-state index in [1.807, 2.05) is 26.0 Å². The number of rotatable bonds is 2. The number of aromatic nitrogens is 3. The van der Waals surface area contributed by atoms with Crippen molar-refractivity contribution in [3.63, 3.8) is 0 Å². The van der Waals surface area contributed by atoms with Crippen LogP contribution in [-0.4, -0.2) is 15.2 Å². The van der Waals surface area contributed by atoms with Crippen molar-refractivity contribution in [3.05, 3.63) is 27.5 Å². The third-order valence-electron chi connectivity index (χ3n) is 1.90. The number of hydrogen-bond donors (Lipinski definition) is 2. The van der Waals surface area contributed by atoms with Gasteiger partial charge in [-0.15, -0.1) is 5.10 Å². The molecule has 4 nitrogen and oxygen atoms in total. The van der Waals surface area contributed by atoms with Gasteiger partial charge in [-0.05, 0) is 38.2 Å². The first-order valence-corrected chi connectivity index (χ1v) is 5.64. The molecule has 0 atom stereocenters. The van der Waals surface area contributed by atoms with E-state index in [9.17, 15) is 0 Å². The van der Waals surface area contributed by atoms with E-state index < -0.39 is 0 Å². The predicted octanol–water partition coefficient (Wildman–Crippen LogP) is 2.96. The van der Waals surface area contributed by atoms with Crippen molar-refractivity contribution in [2.24, 2.45) is 0 Å². The normalized spacial score (nSPS) is 10.3. The first-order chi connectivity index (χ1) is 7.15. The van der Waals surface area contributed by atoms with Crippen LogP contribution in [0.15, 0.2) is 12.1 Å². The van der Waals surface area contributed by atoms with E-state index in [2.05, 4.69) is 20.5 Å². The first kappa shape index (κ1) is 10.3. The SMILES string of the molecule is Cc1ccc(Nc2n[nH]c(=S)s2)c(C)n1. The molecule has 0 fully saturated rings. The minimum Gasteiger partial charge on any atom is -0.329 e. The Kier molecular flexibility index (Phi) is 2.79. The molecule has 0 saturated heterocycles. The summed E-state index contributed by atoms with van der Waals surface area (Å²) >= 11 is 6.35. The Balaban J connectivity index is 2.28. The Morgan fingerprint density at radius 1 is 1.40 bits per heavy atom. The van der Waals surface area contributed by atoms with E-state index in [4.69, 9.17) is 12.2 Å². The summed E-state index contributed by atoms with van der Waals surface area (Å²) in [6, 6.07) is 3.95. The Labute approximate surface area is 96.4 Å². The van der Waals surface area contributed by atoms with Crippen LogP contribution in [0.25, 0.3) is 0 Å². The zero-order valence-electron chi connectivity index (χ0n) is 8.37. The fraction of sp³-hybridized carbons (Fsp3) is 0.222. The van der Waals surface area contributed by atoms with E-state index in [0.29, 0.717) is 3.95 Å². The standard InChI is InChI=1S/C9H10N4S2/c1-5-3-4-7(6(2)10-5)11-8-12-13-9(14)15-8/h3-4H,1-2H3,(H,11,12)(H,13,14). The quantitative estimate of drug-likeness (QED) is 0.790. The van der Waals surface area contributed by atoms with Crippen LogP contribution in [0.3, 0.4) is 0 Å². The number of aromatic amines is 1. The van der Waals surface area contributed by atoms with Crippen LogP contribution in [-0.2, 0) is 0 Å². The topological polar surface area (TPSA) is 53.6 Å². The molecule has 0 radical (unpaired) electrons. The molecule has 0 aliphatic carbocycles. The van der Waals surface area contributed by atoms with Gasteiger partial charge >= 0.3 is 0 Å². The lowest BCUT2D eigenvalue weighted by Crippen LogP contribution is -1.95. The average Bonchev–Trinajstić information content (AvgIpc) is 2.56. The van der Waals surface area contributed by atoms with Gasteiger partial charge in [0.15, 0.2) is 3.95 Å². The second kappa shape index (κ2) is 4.08. The summed E-state index contributed by atoms with van der Waals surface area (Å²) < 4.78 is 0.662. The lowest BCUT2D eigenvalue weighted by molar-refractivity contribution is 1.07. The molecular formula is C9H10N4S2. The maximum Gasteiger partial charge on any atom is 0.208 e. The Bertz CT molecular complexity index is 529. The number of H-pyrrole nitrogens is 1. The molecule has 0 bridgehead atoms. The smallest absolute Gasteiger partial charge is 0.208 e. The summed E-state index contributed by atoms with van der Waals surface area (Å²) in [7, 11) is 0. The van der Waals surface area contributed by atoms with E-state index in [0.717, 1.165) is 22.2 Å². The van der Waals surface area contributed by atoms with Gasteiger partial charge in [-0.1, -0.05) is 11.3 Å². The van der Waals surface area contributed by atoms with Crippen LogP contribution >= 0.6 is 23.6 Å². The summed E-state index contributed by atoms with van der Waals surface area (Å²) in [6.45, 7) is 3.93. The largest absolute Gasteiger partial charge is 0.329 e. The van der Waals surface area contributed by atoms with Gasteiger partial charge in [0, 0.05) is 5.69 Å². The number of anilines is 2. The Morgan fingerprint density at radius 2 is 2.20 bits per heavy atom. The van der Waals surface area contributed by atoms with Crippen LogP contribution in [0, 0.1) is 17.8 Å². The lowest BCUT2D eigenvalue weighted by atomic mass is 10.3. The molecule has 0 unspecified atom stereocenters. The second-order valence-electron chi connectivity index (χ2n) is 3.13. The molecule has 2 aromatic rings. The lowest BCUT2D eigenvalue weighted by Gasteiger charge is -2.05. The van der Waals surface area contributed by atoms with Gasteiger partial charge in [0.25, 0.3) is 0 Å². The second-order valence-corrected chi connectivity index (χ2v) is 4.79. The summed E-state index contributed by atoms with van der Waals surface area (Å²) in [6.07, 6.45) is 0. The Hall–Kier alpha value is -1.27. The fourth-order valence-corrected chi connectivity index (χ4v) is 2.02. The zero-order valence-corrected chi connectivity index (χ0v) is 10.00. The van der Waals surface area contributed by atoms with Crippen molar-refractivity contribution < 1.29 is 0 Å². The molecule has 0 aromatic carbocycles. The number of pyridine rings is 1. The van der Waals surface area contributed by atoms with Crippen molar-refractivity contribution in [1.29, 1.82) is 0 Å². The molecule has 2 heterocycles. The fourth-order valence-electron chi connectivity index (χ4n) is 1.22. The molecule has 0 amide bonds. The zero-order chi connectivity index (χ0) is 10.8. The summed E-state index contributed by atoms with van der Waals surface area (Å²) in [4.78, 5) is 4.35. The minimum atomic E-state index is 0.662. The molecule has 2 N–H and O–H groups in total. The van der Waals surface area contributed by atoms with Gasteiger partial charge in [-0.25, -0.2) is 0 Å². The van der Waals surface area contributed by atoms with E-state index in [-0.39, 0.29) is 0 Å². The maximum atomic E-state index is 4.95. The number of nitrogens with one attached hydrogen (secondary N) is 2. The highest BCUT2D eigenvalue weighted by Crippen LogP contribution is 2.20. The average molecular weight is 238 g/mol. The molecule has 2 aromatic heterocycles. The van der Waals surface area contributed by atoms with Gasteiger partial charge in [-0.3, -0.25) is 10.1 Å². The van der Waals surface area contributed by atoms with Gasteiger partial charge in [-0.2, -0.15) is 0 Å². The molecule has 15 heavy (non-hydrogen) atoms. The number of hydrogen-bond acceptors (Lipinski definition) is 5. The van der Waals surface area contributed by atoms with Gasteiger partial charge in [0.2, 0.25) is 5.13 Å². The van der Waals surface area contributed by atoms with Crippen molar-refractivity contribution in [2.45, 2.75) is 13.8 Å². The van der Waals surface area contributed by atoms with Crippen molar-refractivity contribution in [1.82, 2.24) is 15.2 Å². The highest BCUT2D eigenvalue weighted by atomic mass is 32.1. The molecule has 0 aliphatic rings. The highest BCUT2D eigenvalue weighted by Gasteiger charge is 2.02. The van der Waals surface area contributed by atoms with Crippen LogP contribution < -0.4 is 5.32 Å². The third kappa shape index (κ3) is 2.40. The third-order valence-corrected chi connectivity index (χ3v) is 2.91. The van der Waals surface area contributed by atoms with E-state index in [1.165, 1.54) is 11.3 Å². The van der Waals surface area contributed by atoms with E-state index in [1.54, 1.807) is 0 Å². The summed E-state index contributed by atoms with van der Waals surface area (Å²) in [5.41, 5.74) is 2.92. The molecular weight excluding hydrogens is 228 g/mol. The molecule has 0 saturated carbocycles. The number of aryl methyl sites for hydroxylation is 2. The van der Waals surface area contributed by atoms with Gasteiger partial charge in [0.05, 0.1) is 11.4 Å². The van der Waals surface area contributed by atoms with E-state index >= 15 is 0 Å². The monoisotopic (exact) mass is 238 g/mol. The van der Waals surface area contributed by atoms with Crippen molar-refractivity contribution in [2.75, 3.05) is 5.32 Å². The number of nitrogens with zero attached hydrogens (tertiary/aromatic N) is 2. The molecule has 0 aliphatic heterocycles. The molecule has 6 heteroatoms. The van der Waals surface area contributed by atoms with Crippen molar-refractivity contribution >= 4 is 34.4 Å². The van der Waals surface area contributed by atoms with Gasteiger partial charge < -0.3 is 5.32 Å². The Morgan fingerprint density at radius 3 is 2.80 bits per heavy atom.